The van der Waals surface area contributed by atoms with E-state index in [1.165, 1.54) is 0 Å². The van der Waals surface area contributed by atoms with E-state index in [1.807, 2.05) is 35.2 Å². The Morgan fingerprint density at radius 2 is 2.14 bits per heavy atom. The largest absolute Gasteiger partial charge is 0.336 e. The predicted molar refractivity (Wildman–Crippen MR) is 84.0 cm³/mol. The minimum Gasteiger partial charge on any atom is -0.336 e. The average Bonchev–Trinajstić information content (AvgIpc) is 2.54. The van der Waals surface area contributed by atoms with E-state index in [-0.39, 0.29) is 11.9 Å². The minimum absolute atomic E-state index is 0.0740. The quantitative estimate of drug-likeness (QED) is 0.921. The molecule has 0 radical (unpaired) electrons. The van der Waals surface area contributed by atoms with Crippen molar-refractivity contribution in [3.05, 3.63) is 42.1 Å². The summed E-state index contributed by atoms with van der Waals surface area (Å²) in [4.78, 5) is 19.3. The third-order valence-corrected chi connectivity index (χ3v) is 4.44. The standard InChI is InChI=1S/C17H21N3O/c1-12-7-8-13(10-18)11-20(12)17(21)15-6-2-4-14-5-3-9-19-16(14)15/h2-6,9,12-13H,7-8,10-11,18H2,1H3. The normalized spacial score (nSPS) is 22.5. The number of para-hydroxylation sites is 1. The lowest BCUT2D eigenvalue weighted by Gasteiger charge is -2.37. The molecule has 2 unspecified atom stereocenters. The first-order valence-corrected chi connectivity index (χ1v) is 7.55. The molecule has 2 aromatic rings. The number of nitrogens with two attached hydrogens (primary N) is 1. The van der Waals surface area contributed by atoms with Crippen LogP contribution in [0.3, 0.4) is 0 Å². The van der Waals surface area contributed by atoms with Crippen molar-refractivity contribution in [1.29, 1.82) is 0 Å². The third kappa shape index (κ3) is 2.63. The molecule has 2 heterocycles. The maximum absolute atomic E-state index is 12.9. The van der Waals surface area contributed by atoms with Gasteiger partial charge in [-0.2, -0.15) is 0 Å². The van der Waals surface area contributed by atoms with Crippen molar-refractivity contribution in [2.45, 2.75) is 25.8 Å². The molecule has 1 amide bonds. The number of rotatable bonds is 2. The number of amides is 1. The summed E-state index contributed by atoms with van der Waals surface area (Å²) >= 11 is 0. The summed E-state index contributed by atoms with van der Waals surface area (Å²) in [5.74, 6) is 0.484. The van der Waals surface area contributed by atoms with E-state index in [9.17, 15) is 4.79 Å². The summed E-state index contributed by atoms with van der Waals surface area (Å²) in [7, 11) is 0. The van der Waals surface area contributed by atoms with Crippen molar-refractivity contribution in [3.63, 3.8) is 0 Å². The van der Waals surface area contributed by atoms with E-state index in [0.29, 0.717) is 18.0 Å². The molecule has 1 aliphatic heterocycles. The van der Waals surface area contributed by atoms with Gasteiger partial charge in [0.2, 0.25) is 0 Å². The summed E-state index contributed by atoms with van der Waals surface area (Å²) in [5.41, 5.74) is 7.27. The summed E-state index contributed by atoms with van der Waals surface area (Å²) in [6.07, 6.45) is 3.86. The molecule has 2 N–H and O–H groups in total. The zero-order valence-corrected chi connectivity index (χ0v) is 12.3. The fourth-order valence-electron chi connectivity index (χ4n) is 3.09. The smallest absolute Gasteiger partial charge is 0.256 e. The van der Waals surface area contributed by atoms with Crippen molar-refractivity contribution >= 4 is 16.8 Å². The minimum atomic E-state index is 0.0740. The van der Waals surface area contributed by atoms with Gasteiger partial charge in [-0.1, -0.05) is 18.2 Å². The molecule has 110 valence electrons. The Labute approximate surface area is 125 Å². The maximum Gasteiger partial charge on any atom is 0.256 e. The van der Waals surface area contributed by atoms with Crippen LogP contribution in [-0.2, 0) is 0 Å². The number of hydrogen-bond acceptors (Lipinski definition) is 3. The topological polar surface area (TPSA) is 59.2 Å². The lowest BCUT2D eigenvalue weighted by Crippen LogP contribution is -2.47. The van der Waals surface area contributed by atoms with Crippen molar-refractivity contribution in [1.82, 2.24) is 9.88 Å². The van der Waals surface area contributed by atoms with Crippen LogP contribution < -0.4 is 5.73 Å². The monoisotopic (exact) mass is 283 g/mol. The van der Waals surface area contributed by atoms with Gasteiger partial charge in [0.15, 0.2) is 0 Å². The second-order valence-electron chi connectivity index (χ2n) is 5.87. The van der Waals surface area contributed by atoms with Gasteiger partial charge in [-0.15, -0.1) is 0 Å². The Balaban J connectivity index is 1.96. The van der Waals surface area contributed by atoms with Crippen molar-refractivity contribution in [3.8, 4) is 0 Å². The second kappa shape index (κ2) is 5.82. The van der Waals surface area contributed by atoms with E-state index in [1.54, 1.807) is 6.20 Å². The lowest BCUT2D eigenvalue weighted by atomic mass is 9.92. The molecule has 2 atom stereocenters. The van der Waals surface area contributed by atoms with E-state index < -0.39 is 0 Å². The number of hydrogen-bond donors (Lipinski definition) is 1. The highest BCUT2D eigenvalue weighted by atomic mass is 16.2. The summed E-state index contributed by atoms with van der Waals surface area (Å²) in [6, 6.07) is 9.93. The van der Waals surface area contributed by atoms with E-state index in [0.717, 1.165) is 30.3 Å². The van der Waals surface area contributed by atoms with Gasteiger partial charge in [0.25, 0.3) is 5.91 Å². The van der Waals surface area contributed by atoms with Crippen LogP contribution in [0.25, 0.3) is 10.9 Å². The van der Waals surface area contributed by atoms with Crippen LogP contribution in [0, 0.1) is 5.92 Å². The highest BCUT2D eigenvalue weighted by molar-refractivity contribution is 6.05. The molecule has 0 spiro atoms. The number of benzene rings is 1. The summed E-state index contributed by atoms with van der Waals surface area (Å²) in [6.45, 7) is 3.51. The van der Waals surface area contributed by atoms with Gasteiger partial charge < -0.3 is 10.6 Å². The number of carbonyl (C=O) groups excluding carboxylic acids is 1. The molecule has 0 saturated carbocycles. The molecule has 0 aliphatic carbocycles. The number of fused-ring (bicyclic) bond motifs is 1. The SMILES string of the molecule is CC1CCC(CN)CN1C(=O)c1cccc2cccnc12. The molecule has 3 rings (SSSR count). The Morgan fingerprint density at radius 1 is 1.33 bits per heavy atom. The number of piperidine rings is 1. The van der Waals surface area contributed by atoms with Crippen LogP contribution in [0.15, 0.2) is 36.5 Å². The van der Waals surface area contributed by atoms with E-state index in [4.69, 9.17) is 5.73 Å². The molecule has 1 saturated heterocycles. The molecule has 1 aliphatic rings. The molecule has 1 aromatic heterocycles. The van der Waals surface area contributed by atoms with Gasteiger partial charge in [0, 0.05) is 24.2 Å². The molecule has 1 aromatic carbocycles. The molecule has 4 heteroatoms. The molecule has 4 nitrogen and oxygen atoms in total. The number of aromatic nitrogens is 1. The van der Waals surface area contributed by atoms with Crippen molar-refractivity contribution < 1.29 is 4.79 Å². The Hall–Kier alpha value is -1.94. The van der Waals surface area contributed by atoms with Crippen molar-refractivity contribution in [2.75, 3.05) is 13.1 Å². The highest BCUT2D eigenvalue weighted by Crippen LogP contribution is 2.25. The first-order valence-electron chi connectivity index (χ1n) is 7.55. The first kappa shape index (κ1) is 14.0. The molecule has 0 bridgehead atoms. The Morgan fingerprint density at radius 3 is 2.95 bits per heavy atom. The number of pyridine rings is 1. The van der Waals surface area contributed by atoms with Crippen LogP contribution in [0.1, 0.15) is 30.1 Å². The van der Waals surface area contributed by atoms with Crippen LogP contribution in [0.2, 0.25) is 0 Å². The van der Waals surface area contributed by atoms with Crippen LogP contribution in [-0.4, -0.2) is 34.9 Å². The zero-order chi connectivity index (χ0) is 14.8. The predicted octanol–water partition coefficient (Wildman–Crippen LogP) is 2.43. The van der Waals surface area contributed by atoms with E-state index >= 15 is 0 Å². The average molecular weight is 283 g/mol. The number of likely N-dealkylation sites (tertiary alicyclic amines) is 1. The summed E-state index contributed by atoms with van der Waals surface area (Å²) in [5, 5.41) is 1.00. The molecule has 21 heavy (non-hydrogen) atoms. The Bertz CT molecular complexity index is 650. The number of carbonyl (C=O) groups is 1. The second-order valence-corrected chi connectivity index (χ2v) is 5.87. The van der Waals surface area contributed by atoms with Crippen LogP contribution in [0.4, 0.5) is 0 Å². The maximum atomic E-state index is 12.9. The molecule has 1 fully saturated rings. The van der Waals surface area contributed by atoms with Gasteiger partial charge >= 0.3 is 0 Å². The van der Waals surface area contributed by atoms with Gasteiger partial charge in [-0.05, 0) is 44.4 Å². The number of nitrogens with zero attached hydrogens (tertiary/aromatic N) is 2. The fraction of sp³-hybridized carbons (Fsp3) is 0.412. The van der Waals surface area contributed by atoms with Gasteiger partial charge in [-0.25, -0.2) is 0 Å². The van der Waals surface area contributed by atoms with Crippen molar-refractivity contribution in [2.24, 2.45) is 11.7 Å². The van der Waals surface area contributed by atoms with Crippen LogP contribution in [0.5, 0.6) is 0 Å². The fourth-order valence-corrected chi connectivity index (χ4v) is 3.09. The first-order chi connectivity index (χ1) is 10.2. The molecular formula is C17H21N3O. The molecular weight excluding hydrogens is 262 g/mol. The van der Waals surface area contributed by atoms with Gasteiger partial charge in [-0.3, -0.25) is 9.78 Å². The van der Waals surface area contributed by atoms with Gasteiger partial charge in [0.1, 0.15) is 0 Å². The summed E-state index contributed by atoms with van der Waals surface area (Å²) < 4.78 is 0. The zero-order valence-electron chi connectivity index (χ0n) is 12.3. The lowest BCUT2D eigenvalue weighted by molar-refractivity contribution is 0.0568. The van der Waals surface area contributed by atoms with E-state index in [2.05, 4.69) is 11.9 Å². The van der Waals surface area contributed by atoms with Gasteiger partial charge in [0.05, 0.1) is 11.1 Å². The third-order valence-electron chi connectivity index (χ3n) is 4.44. The highest BCUT2D eigenvalue weighted by Gasteiger charge is 2.29. The Kier molecular flexibility index (Phi) is 3.88. The van der Waals surface area contributed by atoms with Crippen LogP contribution >= 0.6 is 0 Å².